The number of carbonyl (C=O) groups excluding carboxylic acids is 2. The van der Waals surface area contributed by atoms with Crippen LogP contribution in [0.5, 0.6) is 0 Å². The summed E-state index contributed by atoms with van der Waals surface area (Å²) in [5.41, 5.74) is -0.0640. The number of rotatable bonds is 5. The molecule has 0 fully saturated rings. The molecule has 11 heteroatoms. The number of amides is 2. The average molecular weight is 519 g/mol. The van der Waals surface area contributed by atoms with Crippen LogP contribution in [0.25, 0.3) is 0 Å². The lowest BCUT2D eigenvalue weighted by atomic mass is 10.0. The van der Waals surface area contributed by atoms with E-state index in [2.05, 4.69) is 10.3 Å². The third-order valence-electron chi connectivity index (χ3n) is 5.51. The van der Waals surface area contributed by atoms with Crippen molar-refractivity contribution in [3.8, 4) is 0 Å². The molecule has 1 heterocycles. The summed E-state index contributed by atoms with van der Waals surface area (Å²) >= 11 is 0. The number of hydrogen-bond acceptors (Lipinski definition) is 3. The van der Waals surface area contributed by atoms with Crippen LogP contribution in [0.2, 0.25) is 0 Å². The maximum Gasteiger partial charge on any atom is 0.416 e. The molecule has 0 saturated carbocycles. The van der Waals surface area contributed by atoms with Gasteiger partial charge in [-0.3, -0.25) is 14.5 Å². The van der Waals surface area contributed by atoms with Gasteiger partial charge in [0, 0.05) is 11.1 Å². The molecule has 1 N–H and O–H groups in total. The number of para-hydroxylation sites is 1. The highest BCUT2D eigenvalue weighted by molar-refractivity contribution is 6.20. The second kappa shape index (κ2) is 10.1. The summed E-state index contributed by atoms with van der Waals surface area (Å²) in [4.78, 5) is 30.9. The van der Waals surface area contributed by atoms with Crippen molar-refractivity contribution in [2.45, 2.75) is 24.9 Å². The Morgan fingerprint density at radius 1 is 0.892 bits per heavy atom. The molecule has 2 amide bonds. The summed E-state index contributed by atoms with van der Waals surface area (Å²) in [6, 6.07) is 18.4. The fraction of sp³-hybridized carbons (Fsp3) is 0.192. The van der Waals surface area contributed by atoms with E-state index >= 15 is 0 Å². The predicted octanol–water partition coefficient (Wildman–Crippen LogP) is 5.14. The van der Waals surface area contributed by atoms with Gasteiger partial charge in [0.2, 0.25) is 12.1 Å². The van der Waals surface area contributed by atoms with Crippen LogP contribution in [0.1, 0.15) is 22.3 Å². The zero-order chi connectivity index (χ0) is 26.8. The number of benzodiazepines with no additional fused rings is 1. The van der Waals surface area contributed by atoms with Crippen LogP contribution in [0.4, 0.5) is 32.0 Å². The number of benzene rings is 3. The van der Waals surface area contributed by atoms with Crippen molar-refractivity contribution in [2.24, 2.45) is 4.99 Å². The third-order valence-corrected chi connectivity index (χ3v) is 5.51. The highest BCUT2D eigenvalue weighted by atomic mass is 19.4. The smallest absolute Gasteiger partial charge is 0.326 e. The molecule has 1 atom stereocenters. The van der Waals surface area contributed by atoms with E-state index in [-0.39, 0.29) is 22.5 Å². The molecule has 0 radical (unpaired) electrons. The van der Waals surface area contributed by atoms with Gasteiger partial charge in [0.25, 0.3) is 5.91 Å². The highest BCUT2D eigenvalue weighted by Crippen LogP contribution is 2.32. The van der Waals surface area contributed by atoms with Crippen molar-refractivity contribution in [2.75, 3.05) is 11.4 Å². The van der Waals surface area contributed by atoms with Crippen molar-refractivity contribution >= 4 is 23.2 Å². The highest BCUT2D eigenvalue weighted by Gasteiger charge is 2.40. The maximum atomic E-state index is 13.5. The number of fused-ring (bicyclic) bond motifs is 1. The Kier molecular flexibility index (Phi) is 7.06. The van der Waals surface area contributed by atoms with E-state index in [1.165, 1.54) is 24.3 Å². The Morgan fingerprint density at radius 2 is 1.57 bits per heavy atom. The van der Waals surface area contributed by atoms with Crippen molar-refractivity contribution < 1.29 is 35.9 Å². The molecule has 1 aliphatic rings. The van der Waals surface area contributed by atoms with Crippen molar-refractivity contribution in [3.05, 3.63) is 101 Å². The quantitative estimate of drug-likeness (QED) is 0.475. The molecule has 5 nitrogen and oxygen atoms in total. The second-order valence-corrected chi connectivity index (χ2v) is 8.25. The molecule has 0 bridgehead atoms. The molecule has 37 heavy (non-hydrogen) atoms. The number of anilines is 1. The Hall–Kier alpha value is -4.15. The summed E-state index contributed by atoms with van der Waals surface area (Å²) in [6.45, 7) is -1.62. The van der Waals surface area contributed by atoms with Crippen LogP contribution >= 0.6 is 0 Å². The first-order valence-electron chi connectivity index (χ1n) is 11.0. The number of nitrogens with zero attached hydrogens (tertiary/aromatic N) is 2. The largest absolute Gasteiger partial charge is 0.416 e. The predicted molar refractivity (Wildman–Crippen MR) is 124 cm³/mol. The SMILES string of the molecule is O=C(Cc1cccc(C(F)(F)F)c1)NC1N=C(c2ccccc2)c2ccccc2N(CC(F)(F)F)C1=O. The molecule has 1 unspecified atom stereocenters. The van der Waals surface area contributed by atoms with E-state index in [1.54, 1.807) is 36.4 Å². The number of aliphatic imine (C=N–C) groups is 1. The number of carbonyl (C=O) groups is 2. The number of alkyl halides is 6. The minimum atomic E-state index is -4.76. The Bertz CT molecular complexity index is 1340. The van der Waals surface area contributed by atoms with Gasteiger partial charge in [0.05, 0.1) is 23.4 Å². The Balaban J connectivity index is 1.71. The van der Waals surface area contributed by atoms with Crippen molar-refractivity contribution in [1.82, 2.24) is 5.32 Å². The van der Waals surface area contributed by atoms with Gasteiger partial charge in [-0.2, -0.15) is 26.3 Å². The minimum Gasteiger partial charge on any atom is -0.326 e. The molecular weight excluding hydrogens is 500 g/mol. The molecule has 0 spiro atoms. The van der Waals surface area contributed by atoms with Crippen LogP contribution in [0.3, 0.4) is 0 Å². The van der Waals surface area contributed by atoms with Gasteiger partial charge >= 0.3 is 12.4 Å². The standard InChI is InChI=1S/C26H19F6N3O2/c27-25(28,29)15-35-20-12-5-4-11-19(20)22(17-8-2-1-3-9-17)34-23(24(35)37)33-21(36)14-16-7-6-10-18(13-16)26(30,31)32/h1-13,23H,14-15H2,(H,33,36). The lowest BCUT2D eigenvalue weighted by molar-refractivity contribution is -0.137. The van der Waals surface area contributed by atoms with Crippen LogP contribution in [-0.4, -0.2) is 36.4 Å². The first-order chi connectivity index (χ1) is 17.4. The van der Waals surface area contributed by atoms with Crippen molar-refractivity contribution in [3.63, 3.8) is 0 Å². The number of nitrogens with one attached hydrogen (secondary N) is 1. The van der Waals surface area contributed by atoms with Crippen LogP contribution in [0, 0.1) is 0 Å². The van der Waals surface area contributed by atoms with Gasteiger partial charge in [0.15, 0.2) is 0 Å². The van der Waals surface area contributed by atoms with Gasteiger partial charge in [-0.15, -0.1) is 0 Å². The molecule has 3 aromatic rings. The van der Waals surface area contributed by atoms with Gasteiger partial charge in [-0.25, -0.2) is 4.99 Å². The van der Waals surface area contributed by atoms with Crippen molar-refractivity contribution in [1.29, 1.82) is 0 Å². The Labute approximate surface area is 207 Å². The molecule has 192 valence electrons. The summed E-state index contributed by atoms with van der Waals surface area (Å²) in [5.74, 6) is -2.01. The number of halogens is 6. The van der Waals surface area contributed by atoms with Gasteiger partial charge in [0.1, 0.15) is 6.54 Å². The summed E-state index contributed by atoms with van der Waals surface area (Å²) in [7, 11) is 0. The summed E-state index contributed by atoms with van der Waals surface area (Å²) < 4.78 is 79.5. The molecular formula is C26H19F6N3O2. The van der Waals surface area contributed by atoms with E-state index in [0.717, 1.165) is 18.2 Å². The number of hydrogen-bond donors (Lipinski definition) is 1. The summed E-state index contributed by atoms with van der Waals surface area (Å²) in [6.07, 6.45) is -11.7. The summed E-state index contributed by atoms with van der Waals surface area (Å²) in [5, 5.41) is 2.30. The zero-order valence-electron chi connectivity index (χ0n) is 19.0. The maximum absolute atomic E-state index is 13.5. The van der Waals surface area contributed by atoms with E-state index < -0.39 is 48.9 Å². The first-order valence-corrected chi connectivity index (χ1v) is 11.0. The van der Waals surface area contributed by atoms with E-state index in [1.807, 2.05) is 0 Å². The topological polar surface area (TPSA) is 61.8 Å². The van der Waals surface area contributed by atoms with E-state index in [0.29, 0.717) is 10.5 Å². The first kappa shape index (κ1) is 25.9. The minimum absolute atomic E-state index is 0.0103. The Morgan fingerprint density at radius 3 is 2.24 bits per heavy atom. The van der Waals surface area contributed by atoms with Gasteiger partial charge in [-0.05, 0) is 17.7 Å². The monoisotopic (exact) mass is 519 g/mol. The van der Waals surface area contributed by atoms with Crippen LogP contribution < -0.4 is 10.2 Å². The molecule has 0 aliphatic carbocycles. The van der Waals surface area contributed by atoms with Crippen LogP contribution in [0.15, 0.2) is 83.9 Å². The fourth-order valence-corrected chi connectivity index (χ4v) is 3.94. The molecule has 3 aromatic carbocycles. The fourth-order valence-electron chi connectivity index (χ4n) is 3.94. The average Bonchev–Trinajstić information content (AvgIpc) is 2.94. The van der Waals surface area contributed by atoms with Gasteiger partial charge in [-0.1, -0.05) is 66.7 Å². The molecule has 4 rings (SSSR count). The lowest BCUT2D eigenvalue weighted by Crippen LogP contribution is -2.50. The van der Waals surface area contributed by atoms with E-state index in [9.17, 15) is 35.9 Å². The second-order valence-electron chi connectivity index (χ2n) is 8.25. The lowest BCUT2D eigenvalue weighted by Gasteiger charge is -2.26. The van der Waals surface area contributed by atoms with E-state index in [4.69, 9.17) is 0 Å². The third kappa shape index (κ3) is 6.16. The molecule has 0 saturated heterocycles. The molecule has 0 aromatic heterocycles. The normalized spacial score (nSPS) is 16.1. The molecule has 1 aliphatic heterocycles. The van der Waals surface area contributed by atoms with Gasteiger partial charge < -0.3 is 5.32 Å². The zero-order valence-corrected chi connectivity index (χ0v) is 19.0. The van der Waals surface area contributed by atoms with Crippen LogP contribution in [-0.2, 0) is 22.2 Å².